The molecule has 4 nitrogen and oxygen atoms in total. The maximum atomic E-state index is 12.4. The largest absolute Gasteiger partial charge is 0.447 e. The predicted molar refractivity (Wildman–Crippen MR) is 76.6 cm³/mol. The van der Waals surface area contributed by atoms with Crippen LogP contribution in [-0.2, 0) is 16.0 Å². The van der Waals surface area contributed by atoms with Crippen LogP contribution >= 0.6 is 0 Å². The van der Waals surface area contributed by atoms with Gasteiger partial charge in [0, 0.05) is 0 Å². The van der Waals surface area contributed by atoms with Crippen LogP contribution in [0.3, 0.4) is 0 Å². The average Bonchev–Trinajstić information content (AvgIpc) is 2.80. The predicted octanol–water partition coefficient (Wildman–Crippen LogP) is 2.91. The molecule has 1 saturated heterocycles. The first-order valence-electron chi connectivity index (χ1n) is 7.00. The van der Waals surface area contributed by atoms with Gasteiger partial charge in [0.25, 0.3) is 0 Å². The Hall–Kier alpha value is -1.84. The number of hydrogen-bond acceptors (Lipinski definition) is 3. The monoisotopic (exact) mass is 275 g/mol. The normalized spacial score (nSPS) is 18.3. The molecule has 4 heteroatoms. The standard InChI is InChI=1S/C16H21NO3/c1-5-14-9-20-16(19)17(14)15(18)8-13-7-6-10(2)11(3)12(13)4/h6-7,14H,5,8-9H2,1-4H3/t14-/m0/s1. The number of benzene rings is 1. The van der Waals surface area contributed by atoms with Crippen molar-refractivity contribution < 1.29 is 14.3 Å². The Morgan fingerprint density at radius 3 is 2.65 bits per heavy atom. The van der Waals surface area contributed by atoms with E-state index in [-0.39, 0.29) is 18.4 Å². The van der Waals surface area contributed by atoms with Gasteiger partial charge in [-0.05, 0) is 49.4 Å². The lowest BCUT2D eigenvalue weighted by Crippen LogP contribution is -2.39. The highest BCUT2D eigenvalue weighted by molar-refractivity contribution is 5.94. The topological polar surface area (TPSA) is 46.6 Å². The van der Waals surface area contributed by atoms with E-state index in [0.29, 0.717) is 6.61 Å². The van der Waals surface area contributed by atoms with Crippen LogP contribution in [0, 0.1) is 20.8 Å². The highest BCUT2D eigenvalue weighted by atomic mass is 16.6. The Kier molecular flexibility index (Phi) is 4.12. The molecule has 1 heterocycles. The van der Waals surface area contributed by atoms with Gasteiger partial charge in [-0.15, -0.1) is 0 Å². The van der Waals surface area contributed by atoms with Crippen molar-refractivity contribution in [2.24, 2.45) is 0 Å². The van der Waals surface area contributed by atoms with Crippen molar-refractivity contribution in [3.63, 3.8) is 0 Å². The summed E-state index contributed by atoms with van der Waals surface area (Å²) in [6.07, 6.45) is 0.463. The van der Waals surface area contributed by atoms with Gasteiger partial charge in [-0.25, -0.2) is 9.69 Å². The molecule has 0 spiro atoms. The molecule has 0 N–H and O–H groups in total. The number of carbonyl (C=O) groups is 2. The molecule has 0 aromatic heterocycles. The molecular weight excluding hydrogens is 254 g/mol. The highest BCUT2D eigenvalue weighted by Crippen LogP contribution is 2.21. The van der Waals surface area contributed by atoms with E-state index in [0.717, 1.165) is 17.5 Å². The lowest BCUT2D eigenvalue weighted by molar-refractivity contribution is -0.128. The van der Waals surface area contributed by atoms with Crippen LogP contribution in [0.5, 0.6) is 0 Å². The van der Waals surface area contributed by atoms with Crippen molar-refractivity contribution in [1.29, 1.82) is 0 Å². The number of imide groups is 1. The second-order valence-corrected chi connectivity index (χ2v) is 5.37. The van der Waals surface area contributed by atoms with E-state index in [4.69, 9.17) is 4.74 Å². The molecule has 1 fully saturated rings. The quantitative estimate of drug-likeness (QED) is 0.852. The van der Waals surface area contributed by atoms with Crippen LogP contribution in [0.2, 0.25) is 0 Å². The smallest absolute Gasteiger partial charge is 0.416 e. The summed E-state index contributed by atoms with van der Waals surface area (Å²) in [6, 6.07) is 3.87. The summed E-state index contributed by atoms with van der Waals surface area (Å²) in [6.45, 7) is 8.39. The van der Waals surface area contributed by atoms with Gasteiger partial charge in [-0.2, -0.15) is 0 Å². The van der Waals surface area contributed by atoms with Crippen molar-refractivity contribution in [1.82, 2.24) is 4.90 Å². The van der Waals surface area contributed by atoms with Gasteiger partial charge in [-0.1, -0.05) is 19.1 Å². The summed E-state index contributed by atoms with van der Waals surface area (Å²) in [5.74, 6) is -0.175. The molecule has 2 amide bonds. The Morgan fingerprint density at radius 1 is 1.30 bits per heavy atom. The van der Waals surface area contributed by atoms with Crippen LogP contribution in [0.25, 0.3) is 0 Å². The molecule has 0 aliphatic carbocycles. The maximum Gasteiger partial charge on any atom is 0.416 e. The molecule has 0 unspecified atom stereocenters. The van der Waals surface area contributed by atoms with Gasteiger partial charge in [0.15, 0.2) is 0 Å². The summed E-state index contributed by atoms with van der Waals surface area (Å²) >= 11 is 0. The van der Waals surface area contributed by atoms with Crippen molar-refractivity contribution >= 4 is 12.0 Å². The molecule has 0 radical (unpaired) electrons. The number of carbonyl (C=O) groups excluding carboxylic acids is 2. The lowest BCUT2D eigenvalue weighted by Gasteiger charge is -2.19. The van der Waals surface area contributed by atoms with Crippen LogP contribution in [0.15, 0.2) is 12.1 Å². The number of amides is 2. The number of hydrogen-bond donors (Lipinski definition) is 0. The SMILES string of the molecule is CC[C@H]1COC(=O)N1C(=O)Cc1ccc(C)c(C)c1C. The van der Waals surface area contributed by atoms with E-state index < -0.39 is 6.09 Å². The fourth-order valence-corrected chi connectivity index (χ4v) is 2.52. The van der Waals surface area contributed by atoms with Crippen LogP contribution in [0.1, 0.15) is 35.6 Å². The summed E-state index contributed by atoms with van der Waals surface area (Å²) < 4.78 is 4.97. The number of rotatable bonds is 3. The van der Waals surface area contributed by atoms with E-state index in [1.807, 2.05) is 26.0 Å². The third kappa shape index (κ3) is 2.55. The first-order chi connectivity index (χ1) is 9.45. The van der Waals surface area contributed by atoms with E-state index >= 15 is 0 Å². The minimum atomic E-state index is -0.511. The van der Waals surface area contributed by atoms with Crippen LogP contribution in [-0.4, -0.2) is 29.5 Å². The Morgan fingerprint density at radius 2 is 2.00 bits per heavy atom. The molecule has 20 heavy (non-hydrogen) atoms. The van der Waals surface area contributed by atoms with E-state index in [1.54, 1.807) is 0 Å². The van der Waals surface area contributed by atoms with E-state index in [2.05, 4.69) is 13.8 Å². The van der Waals surface area contributed by atoms with Gasteiger partial charge in [0.1, 0.15) is 6.61 Å². The zero-order chi connectivity index (χ0) is 14.9. The molecule has 1 aliphatic rings. The number of aryl methyl sites for hydroxylation is 1. The van der Waals surface area contributed by atoms with Crippen molar-refractivity contribution in [2.45, 2.75) is 46.6 Å². The molecule has 1 aromatic rings. The van der Waals surface area contributed by atoms with Crippen molar-refractivity contribution in [3.05, 3.63) is 34.4 Å². The van der Waals surface area contributed by atoms with Gasteiger partial charge in [0.2, 0.25) is 5.91 Å². The number of nitrogens with zero attached hydrogens (tertiary/aromatic N) is 1. The van der Waals surface area contributed by atoms with E-state index in [1.165, 1.54) is 16.0 Å². The van der Waals surface area contributed by atoms with Crippen LogP contribution < -0.4 is 0 Å². The van der Waals surface area contributed by atoms with Gasteiger partial charge >= 0.3 is 6.09 Å². The van der Waals surface area contributed by atoms with Gasteiger partial charge in [-0.3, -0.25) is 4.79 Å². The lowest BCUT2D eigenvalue weighted by atomic mass is 9.96. The minimum Gasteiger partial charge on any atom is -0.447 e. The summed E-state index contributed by atoms with van der Waals surface area (Å²) in [5, 5.41) is 0. The summed E-state index contributed by atoms with van der Waals surface area (Å²) in [5.41, 5.74) is 4.52. The number of cyclic esters (lactones) is 1. The molecule has 1 atom stereocenters. The molecule has 0 saturated carbocycles. The minimum absolute atomic E-state index is 0.123. The zero-order valence-corrected chi connectivity index (χ0v) is 12.5. The third-order valence-corrected chi connectivity index (χ3v) is 4.21. The molecule has 2 rings (SSSR count). The molecule has 1 aliphatic heterocycles. The summed E-state index contributed by atoms with van der Waals surface area (Å²) in [4.78, 5) is 25.3. The zero-order valence-electron chi connectivity index (χ0n) is 12.5. The maximum absolute atomic E-state index is 12.4. The second-order valence-electron chi connectivity index (χ2n) is 5.37. The fourth-order valence-electron chi connectivity index (χ4n) is 2.52. The second kappa shape index (κ2) is 5.65. The Bertz CT molecular complexity index is 551. The first kappa shape index (κ1) is 14.6. The fraction of sp³-hybridized carbons (Fsp3) is 0.500. The average molecular weight is 275 g/mol. The molecule has 108 valence electrons. The highest BCUT2D eigenvalue weighted by Gasteiger charge is 2.36. The van der Waals surface area contributed by atoms with Gasteiger partial charge < -0.3 is 4.74 Å². The van der Waals surface area contributed by atoms with Gasteiger partial charge in [0.05, 0.1) is 12.5 Å². The van der Waals surface area contributed by atoms with E-state index in [9.17, 15) is 9.59 Å². The molecule has 0 bridgehead atoms. The first-order valence-corrected chi connectivity index (χ1v) is 7.00. The summed E-state index contributed by atoms with van der Waals surface area (Å²) in [7, 11) is 0. The molecule has 1 aromatic carbocycles. The van der Waals surface area contributed by atoms with Crippen molar-refractivity contribution in [2.75, 3.05) is 6.61 Å². The van der Waals surface area contributed by atoms with Crippen LogP contribution in [0.4, 0.5) is 4.79 Å². The number of ether oxygens (including phenoxy) is 1. The van der Waals surface area contributed by atoms with Crippen molar-refractivity contribution in [3.8, 4) is 0 Å². The Balaban J connectivity index is 2.20. The Labute approximate surface area is 119 Å². The third-order valence-electron chi connectivity index (χ3n) is 4.21. The molecular formula is C16H21NO3.